The number of nitrogens with zero attached hydrogens (tertiary/aromatic N) is 5. The van der Waals surface area contributed by atoms with Crippen molar-refractivity contribution >= 4 is 17.5 Å². The number of aryl methyl sites for hydroxylation is 1. The molecule has 3 heterocycles. The first-order chi connectivity index (χ1) is 14.7. The van der Waals surface area contributed by atoms with Gasteiger partial charge in [0.25, 0.3) is 5.78 Å². The third-order valence-electron chi connectivity index (χ3n) is 5.61. The molecule has 1 N–H and O–H groups in total. The number of nitrogens with one attached hydrogen (secondary N) is 1. The van der Waals surface area contributed by atoms with Crippen molar-refractivity contribution in [3.05, 3.63) is 47.9 Å². The predicted molar refractivity (Wildman–Crippen MR) is 115 cm³/mol. The number of hydrogen-bond donors (Lipinski definition) is 1. The highest BCUT2D eigenvalue weighted by atomic mass is 16.5. The van der Waals surface area contributed by atoms with Gasteiger partial charge in [-0.1, -0.05) is 25.5 Å². The Balaban J connectivity index is 1.36. The SMILES string of the molecule is CCCc1cc(N2CCC(C(=O)NCc3ccc(OC)cc3)CC2)n2ncnc2n1. The van der Waals surface area contributed by atoms with Crippen LogP contribution >= 0.6 is 0 Å². The number of methoxy groups -OCH3 is 1. The summed E-state index contributed by atoms with van der Waals surface area (Å²) in [6.45, 7) is 4.30. The fraction of sp³-hybridized carbons (Fsp3) is 0.455. The average molecular weight is 409 g/mol. The van der Waals surface area contributed by atoms with Crippen molar-refractivity contribution in [2.75, 3.05) is 25.1 Å². The number of fused-ring (bicyclic) bond motifs is 1. The Hall–Kier alpha value is -3.16. The number of aromatic nitrogens is 4. The molecule has 1 amide bonds. The first-order valence-corrected chi connectivity index (χ1v) is 10.5. The van der Waals surface area contributed by atoms with Gasteiger partial charge in [-0.25, -0.2) is 4.98 Å². The van der Waals surface area contributed by atoms with E-state index in [0.29, 0.717) is 12.3 Å². The predicted octanol–water partition coefficient (Wildman–Crippen LogP) is 2.62. The summed E-state index contributed by atoms with van der Waals surface area (Å²) >= 11 is 0. The van der Waals surface area contributed by atoms with Crippen LogP contribution in [0.1, 0.15) is 37.4 Å². The molecule has 0 spiro atoms. The fourth-order valence-corrected chi connectivity index (χ4v) is 3.90. The molecule has 0 bridgehead atoms. The van der Waals surface area contributed by atoms with Crippen molar-refractivity contribution in [2.45, 2.75) is 39.2 Å². The molecule has 8 nitrogen and oxygen atoms in total. The normalized spacial score (nSPS) is 14.8. The molecular weight excluding hydrogens is 380 g/mol. The van der Waals surface area contributed by atoms with Crippen LogP contribution in [0.2, 0.25) is 0 Å². The number of ether oxygens (including phenoxy) is 1. The topological polar surface area (TPSA) is 84.7 Å². The number of carbonyl (C=O) groups excluding carboxylic acids is 1. The molecule has 1 aliphatic heterocycles. The Morgan fingerprint density at radius 3 is 2.70 bits per heavy atom. The zero-order chi connectivity index (χ0) is 20.9. The average Bonchev–Trinajstić information content (AvgIpc) is 3.26. The Labute approximate surface area is 176 Å². The Kier molecular flexibility index (Phi) is 6.11. The van der Waals surface area contributed by atoms with Gasteiger partial charge >= 0.3 is 0 Å². The molecule has 8 heteroatoms. The monoisotopic (exact) mass is 408 g/mol. The molecule has 0 unspecified atom stereocenters. The van der Waals surface area contributed by atoms with Crippen LogP contribution in [0.4, 0.5) is 5.82 Å². The van der Waals surface area contributed by atoms with Crippen LogP contribution in [0.5, 0.6) is 5.75 Å². The van der Waals surface area contributed by atoms with Gasteiger partial charge in [0.15, 0.2) is 0 Å². The van der Waals surface area contributed by atoms with E-state index in [-0.39, 0.29) is 11.8 Å². The van der Waals surface area contributed by atoms with Crippen LogP contribution in [0.3, 0.4) is 0 Å². The molecule has 0 aliphatic carbocycles. The summed E-state index contributed by atoms with van der Waals surface area (Å²) in [4.78, 5) is 23.8. The molecule has 1 aromatic carbocycles. The number of benzene rings is 1. The first-order valence-electron chi connectivity index (χ1n) is 10.5. The molecule has 1 fully saturated rings. The molecule has 0 atom stereocenters. The molecule has 1 aliphatic rings. The maximum Gasteiger partial charge on any atom is 0.254 e. The van der Waals surface area contributed by atoms with E-state index in [2.05, 4.69) is 38.3 Å². The van der Waals surface area contributed by atoms with Crippen LogP contribution < -0.4 is 15.0 Å². The van der Waals surface area contributed by atoms with Crippen LogP contribution in [-0.2, 0) is 17.8 Å². The van der Waals surface area contributed by atoms with Gasteiger partial charge in [-0.15, -0.1) is 0 Å². The van der Waals surface area contributed by atoms with Crippen molar-refractivity contribution in [1.82, 2.24) is 24.9 Å². The summed E-state index contributed by atoms with van der Waals surface area (Å²) in [5.74, 6) is 2.62. The number of rotatable bonds is 7. The summed E-state index contributed by atoms with van der Waals surface area (Å²) in [6.07, 6.45) is 5.13. The van der Waals surface area contributed by atoms with Crippen LogP contribution in [0.15, 0.2) is 36.7 Å². The van der Waals surface area contributed by atoms with E-state index >= 15 is 0 Å². The fourth-order valence-electron chi connectivity index (χ4n) is 3.90. The minimum absolute atomic E-state index is 0.0303. The number of amides is 1. The summed E-state index contributed by atoms with van der Waals surface area (Å²) in [5.41, 5.74) is 2.10. The van der Waals surface area contributed by atoms with Gasteiger partial charge in [0.2, 0.25) is 5.91 Å². The first kappa shape index (κ1) is 20.1. The van der Waals surface area contributed by atoms with Crippen molar-refractivity contribution in [3.8, 4) is 5.75 Å². The van der Waals surface area contributed by atoms with Crippen LogP contribution in [-0.4, -0.2) is 45.7 Å². The second-order valence-corrected chi connectivity index (χ2v) is 7.65. The highest BCUT2D eigenvalue weighted by molar-refractivity contribution is 5.79. The Morgan fingerprint density at radius 2 is 2.00 bits per heavy atom. The second kappa shape index (κ2) is 9.11. The van der Waals surface area contributed by atoms with Gasteiger partial charge in [0, 0.05) is 37.3 Å². The molecule has 0 saturated carbocycles. The lowest BCUT2D eigenvalue weighted by Crippen LogP contribution is -2.41. The molecule has 2 aromatic heterocycles. The maximum atomic E-state index is 12.7. The van der Waals surface area contributed by atoms with Crippen molar-refractivity contribution in [3.63, 3.8) is 0 Å². The lowest BCUT2D eigenvalue weighted by atomic mass is 9.95. The standard InChI is InChI=1S/C22H28N6O2/c1-3-4-18-13-20(28-22(26-18)24-15-25-28)27-11-9-17(10-12-27)21(29)23-14-16-5-7-19(30-2)8-6-16/h5-8,13,15,17H,3-4,9-12,14H2,1-2H3,(H,23,29). The lowest BCUT2D eigenvalue weighted by Gasteiger charge is -2.33. The van der Waals surface area contributed by atoms with Crippen molar-refractivity contribution < 1.29 is 9.53 Å². The van der Waals surface area contributed by atoms with Gasteiger partial charge in [-0.2, -0.15) is 14.6 Å². The molecule has 1 saturated heterocycles. The third-order valence-corrected chi connectivity index (χ3v) is 5.61. The third kappa shape index (κ3) is 4.37. The van der Waals surface area contributed by atoms with E-state index < -0.39 is 0 Å². The molecule has 0 radical (unpaired) electrons. The summed E-state index contributed by atoms with van der Waals surface area (Å²) < 4.78 is 6.97. The van der Waals surface area contributed by atoms with E-state index in [1.165, 1.54) is 0 Å². The highest BCUT2D eigenvalue weighted by Gasteiger charge is 2.26. The van der Waals surface area contributed by atoms with E-state index in [0.717, 1.165) is 61.6 Å². The molecular formula is C22H28N6O2. The number of hydrogen-bond acceptors (Lipinski definition) is 6. The second-order valence-electron chi connectivity index (χ2n) is 7.65. The van der Waals surface area contributed by atoms with E-state index in [4.69, 9.17) is 4.74 Å². The number of piperidine rings is 1. The van der Waals surface area contributed by atoms with Gasteiger partial charge < -0.3 is 15.0 Å². The van der Waals surface area contributed by atoms with Gasteiger partial charge in [-0.05, 0) is 37.0 Å². The molecule has 4 rings (SSSR count). The van der Waals surface area contributed by atoms with Crippen molar-refractivity contribution in [2.24, 2.45) is 5.92 Å². The number of anilines is 1. The molecule has 3 aromatic rings. The van der Waals surface area contributed by atoms with Crippen LogP contribution in [0, 0.1) is 5.92 Å². The smallest absolute Gasteiger partial charge is 0.254 e. The quantitative estimate of drug-likeness (QED) is 0.647. The summed E-state index contributed by atoms with van der Waals surface area (Å²) in [7, 11) is 1.65. The van der Waals surface area contributed by atoms with E-state index in [1.807, 2.05) is 24.3 Å². The van der Waals surface area contributed by atoms with Crippen molar-refractivity contribution in [1.29, 1.82) is 0 Å². The zero-order valence-corrected chi connectivity index (χ0v) is 17.5. The lowest BCUT2D eigenvalue weighted by molar-refractivity contribution is -0.125. The molecule has 30 heavy (non-hydrogen) atoms. The highest BCUT2D eigenvalue weighted by Crippen LogP contribution is 2.24. The van der Waals surface area contributed by atoms with E-state index in [9.17, 15) is 4.79 Å². The van der Waals surface area contributed by atoms with Crippen LogP contribution in [0.25, 0.3) is 5.78 Å². The summed E-state index contributed by atoms with van der Waals surface area (Å²) in [5, 5.41) is 7.41. The zero-order valence-electron chi connectivity index (χ0n) is 17.5. The van der Waals surface area contributed by atoms with Gasteiger partial charge in [-0.3, -0.25) is 4.79 Å². The summed E-state index contributed by atoms with van der Waals surface area (Å²) in [6, 6.07) is 9.87. The minimum Gasteiger partial charge on any atom is -0.497 e. The Bertz CT molecular complexity index is 993. The molecule has 158 valence electrons. The number of carbonyl (C=O) groups is 1. The van der Waals surface area contributed by atoms with Gasteiger partial charge in [0.1, 0.15) is 17.9 Å². The van der Waals surface area contributed by atoms with E-state index in [1.54, 1.807) is 18.0 Å². The minimum atomic E-state index is 0.0303. The van der Waals surface area contributed by atoms with Gasteiger partial charge in [0.05, 0.1) is 7.11 Å². The maximum absolute atomic E-state index is 12.7. The largest absolute Gasteiger partial charge is 0.497 e. The Morgan fingerprint density at radius 1 is 1.23 bits per heavy atom.